The summed E-state index contributed by atoms with van der Waals surface area (Å²) >= 11 is 0. The molecule has 0 saturated carbocycles. The van der Waals surface area contributed by atoms with E-state index >= 15 is 0 Å². The monoisotopic (exact) mass is 319 g/mol. The highest BCUT2D eigenvalue weighted by molar-refractivity contribution is 5.47. The second-order valence-corrected chi connectivity index (χ2v) is 5.45. The Hall–Kier alpha value is -2.13. The summed E-state index contributed by atoms with van der Waals surface area (Å²) in [5, 5.41) is 12.5. The molecule has 0 spiro atoms. The van der Waals surface area contributed by atoms with Gasteiger partial charge in [-0.25, -0.2) is 9.97 Å². The van der Waals surface area contributed by atoms with Gasteiger partial charge < -0.3 is 14.4 Å². The lowest BCUT2D eigenvalue weighted by Crippen LogP contribution is -2.39. The average molecular weight is 319 g/mol. The standard InChI is InChI=1S/C14H21N7O2/c1-10-11(2)15-9-16-14(10)20-4-7-23-12(8-20)13-17-19-21(18-13)5-6-22-3/h9,12H,4-8H2,1-3H3. The minimum Gasteiger partial charge on any atom is -0.383 e. The van der Waals surface area contributed by atoms with Crippen LogP contribution in [-0.2, 0) is 16.0 Å². The van der Waals surface area contributed by atoms with Crippen molar-refractivity contribution in [3.8, 4) is 0 Å². The van der Waals surface area contributed by atoms with E-state index in [0.29, 0.717) is 32.1 Å². The summed E-state index contributed by atoms with van der Waals surface area (Å²) in [6.07, 6.45) is 1.39. The van der Waals surface area contributed by atoms with Gasteiger partial charge in [-0.1, -0.05) is 0 Å². The van der Waals surface area contributed by atoms with E-state index in [1.54, 1.807) is 13.4 Å². The third-order valence-corrected chi connectivity index (χ3v) is 3.93. The van der Waals surface area contributed by atoms with Crippen LogP contribution < -0.4 is 4.90 Å². The molecule has 0 N–H and O–H groups in total. The maximum atomic E-state index is 5.81. The van der Waals surface area contributed by atoms with Crippen LogP contribution in [0.25, 0.3) is 0 Å². The lowest BCUT2D eigenvalue weighted by Gasteiger charge is -2.33. The van der Waals surface area contributed by atoms with E-state index < -0.39 is 0 Å². The fourth-order valence-corrected chi connectivity index (χ4v) is 2.49. The molecule has 23 heavy (non-hydrogen) atoms. The summed E-state index contributed by atoms with van der Waals surface area (Å²) in [6.45, 7) is 7.17. The Labute approximate surface area is 134 Å². The van der Waals surface area contributed by atoms with Crippen LogP contribution in [0.3, 0.4) is 0 Å². The molecule has 2 aromatic heterocycles. The quantitative estimate of drug-likeness (QED) is 0.777. The fraction of sp³-hybridized carbons (Fsp3) is 0.643. The summed E-state index contributed by atoms with van der Waals surface area (Å²) in [5.74, 6) is 1.53. The molecule has 1 unspecified atom stereocenters. The molecule has 3 heterocycles. The van der Waals surface area contributed by atoms with Crippen LogP contribution >= 0.6 is 0 Å². The molecule has 9 heteroatoms. The van der Waals surface area contributed by atoms with Gasteiger partial charge in [-0.2, -0.15) is 4.80 Å². The minimum atomic E-state index is -0.213. The van der Waals surface area contributed by atoms with Crippen molar-refractivity contribution in [3.05, 3.63) is 23.4 Å². The van der Waals surface area contributed by atoms with Crippen LogP contribution in [0, 0.1) is 13.8 Å². The second-order valence-electron chi connectivity index (χ2n) is 5.45. The number of hydrogen-bond acceptors (Lipinski definition) is 8. The molecule has 1 aliphatic heterocycles. The molecule has 0 amide bonds. The number of anilines is 1. The van der Waals surface area contributed by atoms with Gasteiger partial charge in [-0.15, -0.1) is 10.2 Å². The molecule has 9 nitrogen and oxygen atoms in total. The minimum absolute atomic E-state index is 0.213. The molecule has 1 atom stereocenters. The summed E-state index contributed by atoms with van der Waals surface area (Å²) in [5.41, 5.74) is 2.08. The fourth-order valence-electron chi connectivity index (χ4n) is 2.49. The van der Waals surface area contributed by atoms with Crippen molar-refractivity contribution in [1.82, 2.24) is 30.2 Å². The van der Waals surface area contributed by atoms with Gasteiger partial charge in [0.25, 0.3) is 0 Å². The smallest absolute Gasteiger partial charge is 0.205 e. The van der Waals surface area contributed by atoms with Gasteiger partial charge >= 0.3 is 0 Å². The Morgan fingerprint density at radius 3 is 3.04 bits per heavy atom. The molecule has 2 aromatic rings. The van der Waals surface area contributed by atoms with Crippen molar-refractivity contribution in [3.63, 3.8) is 0 Å². The summed E-state index contributed by atoms with van der Waals surface area (Å²) in [4.78, 5) is 12.4. The van der Waals surface area contributed by atoms with Crippen molar-refractivity contribution in [2.45, 2.75) is 26.5 Å². The van der Waals surface area contributed by atoms with Gasteiger partial charge in [0.2, 0.25) is 5.82 Å². The number of aryl methyl sites for hydroxylation is 1. The van der Waals surface area contributed by atoms with E-state index in [4.69, 9.17) is 9.47 Å². The zero-order chi connectivity index (χ0) is 16.2. The number of methoxy groups -OCH3 is 1. The Morgan fingerprint density at radius 1 is 1.35 bits per heavy atom. The number of hydrogen-bond donors (Lipinski definition) is 0. The van der Waals surface area contributed by atoms with Gasteiger partial charge in [-0.05, 0) is 19.1 Å². The molecule has 0 radical (unpaired) electrons. The SMILES string of the molecule is COCCn1nnc(C2CN(c3ncnc(C)c3C)CCO2)n1. The van der Waals surface area contributed by atoms with Gasteiger partial charge in [0.1, 0.15) is 18.2 Å². The number of ether oxygens (including phenoxy) is 2. The van der Waals surface area contributed by atoms with E-state index in [9.17, 15) is 0 Å². The first-order valence-electron chi connectivity index (χ1n) is 7.60. The maximum absolute atomic E-state index is 5.81. The van der Waals surface area contributed by atoms with E-state index in [0.717, 1.165) is 23.6 Å². The highest BCUT2D eigenvalue weighted by Crippen LogP contribution is 2.25. The van der Waals surface area contributed by atoms with Gasteiger partial charge in [0, 0.05) is 24.9 Å². The van der Waals surface area contributed by atoms with Crippen LogP contribution in [0.2, 0.25) is 0 Å². The summed E-state index contributed by atoms with van der Waals surface area (Å²) in [7, 11) is 1.64. The number of aromatic nitrogens is 6. The average Bonchev–Trinajstić information content (AvgIpc) is 3.04. The van der Waals surface area contributed by atoms with Gasteiger partial charge in [-0.3, -0.25) is 0 Å². The molecule has 0 bridgehead atoms. The van der Waals surface area contributed by atoms with E-state index in [1.807, 2.05) is 13.8 Å². The lowest BCUT2D eigenvalue weighted by atomic mass is 10.2. The summed E-state index contributed by atoms with van der Waals surface area (Å²) < 4.78 is 10.8. The van der Waals surface area contributed by atoms with Crippen molar-refractivity contribution in [2.75, 3.05) is 38.3 Å². The number of rotatable bonds is 5. The van der Waals surface area contributed by atoms with E-state index in [2.05, 4.69) is 30.3 Å². The molecular formula is C14H21N7O2. The van der Waals surface area contributed by atoms with Crippen LogP contribution in [0.15, 0.2) is 6.33 Å². The van der Waals surface area contributed by atoms with Crippen LogP contribution in [0.4, 0.5) is 5.82 Å². The summed E-state index contributed by atoms with van der Waals surface area (Å²) in [6, 6.07) is 0. The molecule has 0 aromatic carbocycles. The zero-order valence-electron chi connectivity index (χ0n) is 13.6. The predicted octanol–water partition coefficient (Wildman–Crippen LogP) is 0.304. The molecule has 1 saturated heterocycles. The van der Waals surface area contributed by atoms with E-state index in [-0.39, 0.29) is 6.10 Å². The molecule has 1 aliphatic rings. The van der Waals surface area contributed by atoms with Gasteiger partial charge in [0.15, 0.2) is 0 Å². The first-order chi connectivity index (χ1) is 11.2. The largest absolute Gasteiger partial charge is 0.383 e. The predicted molar refractivity (Wildman–Crippen MR) is 82.1 cm³/mol. The first kappa shape index (κ1) is 15.8. The topological polar surface area (TPSA) is 91.1 Å². The van der Waals surface area contributed by atoms with Crippen LogP contribution in [0.1, 0.15) is 23.2 Å². The third kappa shape index (κ3) is 3.45. The zero-order valence-corrected chi connectivity index (χ0v) is 13.6. The first-order valence-corrected chi connectivity index (χ1v) is 7.60. The lowest BCUT2D eigenvalue weighted by molar-refractivity contribution is 0.0334. The molecule has 3 rings (SSSR count). The van der Waals surface area contributed by atoms with Crippen LogP contribution in [0.5, 0.6) is 0 Å². The Morgan fingerprint density at radius 2 is 2.22 bits per heavy atom. The number of tetrazole rings is 1. The van der Waals surface area contributed by atoms with Crippen LogP contribution in [-0.4, -0.2) is 63.6 Å². The molecule has 0 aliphatic carbocycles. The number of morpholine rings is 1. The normalized spacial score (nSPS) is 18.4. The van der Waals surface area contributed by atoms with Crippen molar-refractivity contribution < 1.29 is 9.47 Å². The molecular weight excluding hydrogens is 298 g/mol. The highest BCUT2D eigenvalue weighted by Gasteiger charge is 2.27. The van der Waals surface area contributed by atoms with Crippen molar-refractivity contribution >= 4 is 5.82 Å². The van der Waals surface area contributed by atoms with Crippen molar-refractivity contribution in [1.29, 1.82) is 0 Å². The Bertz CT molecular complexity index is 660. The number of nitrogens with zero attached hydrogens (tertiary/aromatic N) is 7. The maximum Gasteiger partial charge on any atom is 0.205 e. The Balaban J connectivity index is 1.73. The third-order valence-electron chi connectivity index (χ3n) is 3.93. The van der Waals surface area contributed by atoms with Crippen molar-refractivity contribution in [2.24, 2.45) is 0 Å². The van der Waals surface area contributed by atoms with E-state index in [1.165, 1.54) is 4.80 Å². The van der Waals surface area contributed by atoms with Gasteiger partial charge in [0.05, 0.1) is 26.3 Å². The highest BCUT2D eigenvalue weighted by atomic mass is 16.5. The molecule has 1 fully saturated rings. The molecule has 124 valence electrons. The second kappa shape index (κ2) is 6.97. The Kier molecular flexibility index (Phi) is 4.77.